The maximum absolute atomic E-state index is 12.4. The molecule has 0 aromatic rings. The molecule has 3 heteroatoms. The summed E-state index contributed by atoms with van der Waals surface area (Å²) in [4.78, 5) is 12.4. The maximum Gasteiger partial charge on any atom is 0.148 e. The van der Waals surface area contributed by atoms with Gasteiger partial charge in [0, 0.05) is 11.2 Å². The van der Waals surface area contributed by atoms with Crippen LogP contribution in [0, 0.1) is 5.92 Å². The zero-order valence-corrected chi connectivity index (χ0v) is 12.9. The minimum absolute atomic E-state index is 0.0707. The molecule has 0 amide bonds. The molecule has 2 nitrogen and oxygen atoms in total. The number of hydrogen-bond acceptors (Lipinski definition) is 3. The highest BCUT2D eigenvalue weighted by Gasteiger charge is 2.48. The first-order valence-electron chi connectivity index (χ1n) is 7.15. The van der Waals surface area contributed by atoms with Crippen molar-refractivity contribution in [3.8, 4) is 0 Å². The Hall–Kier alpha value is -0.0200. The van der Waals surface area contributed by atoms with E-state index in [0.717, 1.165) is 11.7 Å². The summed E-state index contributed by atoms with van der Waals surface area (Å²) in [5.41, 5.74) is -0.446. The predicted molar refractivity (Wildman–Crippen MR) is 77.1 cm³/mol. The minimum Gasteiger partial charge on any atom is -0.369 e. The molecular weight excluding hydrogens is 244 g/mol. The molecule has 1 aliphatic heterocycles. The largest absolute Gasteiger partial charge is 0.369 e. The lowest BCUT2D eigenvalue weighted by Gasteiger charge is -2.26. The molecule has 1 saturated carbocycles. The number of Topliss-reactive ketones (excluding diaryl/α,β-unsaturated/α-hetero) is 1. The van der Waals surface area contributed by atoms with Crippen molar-refractivity contribution >= 4 is 17.5 Å². The van der Waals surface area contributed by atoms with E-state index in [9.17, 15) is 4.79 Å². The van der Waals surface area contributed by atoms with Gasteiger partial charge >= 0.3 is 0 Å². The molecule has 1 unspecified atom stereocenters. The molecule has 18 heavy (non-hydrogen) atoms. The van der Waals surface area contributed by atoms with E-state index in [2.05, 4.69) is 27.7 Å². The molecule has 104 valence electrons. The lowest BCUT2D eigenvalue weighted by atomic mass is 9.84. The number of hydrogen-bond donors (Lipinski definition) is 0. The van der Waals surface area contributed by atoms with Gasteiger partial charge in [0.25, 0.3) is 0 Å². The highest BCUT2D eigenvalue weighted by molar-refractivity contribution is 8.00. The van der Waals surface area contributed by atoms with Crippen molar-refractivity contribution in [1.82, 2.24) is 0 Å². The van der Waals surface area contributed by atoms with Gasteiger partial charge < -0.3 is 4.74 Å². The van der Waals surface area contributed by atoms with Crippen LogP contribution in [0.15, 0.2) is 0 Å². The van der Waals surface area contributed by atoms with Crippen LogP contribution in [0.25, 0.3) is 0 Å². The third kappa shape index (κ3) is 3.30. The van der Waals surface area contributed by atoms with Crippen LogP contribution in [-0.2, 0) is 9.53 Å². The summed E-state index contributed by atoms with van der Waals surface area (Å²) in [6, 6.07) is 0. The standard InChI is InChI=1S/C15H26O2S/c1-14(2)9-12(15(3,4)17-14)13(16)10-18-11-7-5-6-8-11/h11-12H,5-10H2,1-4H3. The molecule has 0 bridgehead atoms. The number of rotatable bonds is 4. The molecule has 1 atom stereocenters. The van der Waals surface area contributed by atoms with Crippen molar-refractivity contribution in [2.45, 2.75) is 76.3 Å². The summed E-state index contributed by atoms with van der Waals surface area (Å²) in [5.74, 6) is 1.14. The van der Waals surface area contributed by atoms with Crippen molar-refractivity contribution in [3.63, 3.8) is 0 Å². The van der Waals surface area contributed by atoms with Crippen LogP contribution >= 0.6 is 11.8 Å². The lowest BCUT2D eigenvalue weighted by Crippen LogP contribution is -2.34. The van der Waals surface area contributed by atoms with E-state index < -0.39 is 0 Å². The smallest absolute Gasteiger partial charge is 0.148 e. The summed E-state index contributed by atoms with van der Waals surface area (Å²) in [6.07, 6.45) is 6.15. The normalized spacial score (nSPS) is 30.8. The van der Waals surface area contributed by atoms with Gasteiger partial charge in [-0.3, -0.25) is 4.79 Å². The first-order chi connectivity index (χ1) is 8.30. The average molecular weight is 270 g/mol. The van der Waals surface area contributed by atoms with Crippen molar-refractivity contribution in [1.29, 1.82) is 0 Å². The van der Waals surface area contributed by atoms with Gasteiger partial charge in [-0.15, -0.1) is 0 Å². The van der Waals surface area contributed by atoms with Crippen molar-refractivity contribution in [3.05, 3.63) is 0 Å². The Kier molecular flexibility index (Phi) is 4.13. The Balaban J connectivity index is 1.88. The first-order valence-corrected chi connectivity index (χ1v) is 8.19. The SMILES string of the molecule is CC1(C)CC(C(=O)CSC2CCCC2)C(C)(C)O1. The summed E-state index contributed by atoms with van der Waals surface area (Å²) < 4.78 is 6.01. The van der Waals surface area contributed by atoms with E-state index in [4.69, 9.17) is 4.74 Å². The quantitative estimate of drug-likeness (QED) is 0.776. The first kappa shape index (κ1) is 14.4. The van der Waals surface area contributed by atoms with E-state index in [1.54, 1.807) is 0 Å². The molecule has 2 rings (SSSR count). The highest BCUT2D eigenvalue weighted by atomic mass is 32.2. The fourth-order valence-corrected chi connectivity index (χ4v) is 4.69. The van der Waals surface area contributed by atoms with E-state index >= 15 is 0 Å². The third-order valence-electron chi connectivity index (χ3n) is 4.23. The molecule has 2 fully saturated rings. The van der Waals surface area contributed by atoms with E-state index in [1.807, 2.05) is 11.8 Å². The molecule has 0 N–H and O–H groups in total. The van der Waals surface area contributed by atoms with Crippen molar-refractivity contribution < 1.29 is 9.53 Å². The summed E-state index contributed by atoms with van der Waals surface area (Å²) >= 11 is 1.87. The van der Waals surface area contributed by atoms with Gasteiger partial charge in [-0.1, -0.05) is 12.8 Å². The Morgan fingerprint density at radius 2 is 1.83 bits per heavy atom. The molecule has 1 aliphatic carbocycles. The van der Waals surface area contributed by atoms with Crippen molar-refractivity contribution in [2.24, 2.45) is 5.92 Å². The second-order valence-electron chi connectivity index (χ2n) is 6.91. The van der Waals surface area contributed by atoms with Gasteiger partial charge in [-0.05, 0) is 47.0 Å². The van der Waals surface area contributed by atoms with Gasteiger partial charge in [0.1, 0.15) is 5.78 Å². The maximum atomic E-state index is 12.4. The van der Waals surface area contributed by atoms with E-state index in [-0.39, 0.29) is 17.1 Å². The van der Waals surface area contributed by atoms with Crippen LogP contribution in [0.5, 0.6) is 0 Å². The summed E-state index contributed by atoms with van der Waals surface area (Å²) in [6.45, 7) is 8.30. The van der Waals surface area contributed by atoms with Crippen molar-refractivity contribution in [2.75, 3.05) is 5.75 Å². The fraction of sp³-hybridized carbons (Fsp3) is 0.933. The number of thioether (sulfide) groups is 1. The van der Waals surface area contributed by atoms with Gasteiger partial charge in [0.15, 0.2) is 0 Å². The van der Waals surface area contributed by atoms with Crippen LogP contribution in [0.2, 0.25) is 0 Å². The van der Waals surface area contributed by atoms with E-state index in [1.165, 1.54) is 25.7 Å². The van der Waals surface area contributed by atoms with Gasteiger partial charge in [-0.25, -0.2) is 0 Å². The van der Waals surface area contributed by atoms with Crippen LogP contribution in [0.1, 0.15) is 59.8 Å². The van der Waals surface area contributed by atoms with Crippen LogP contribution in [0.4, 0.5) is 0 Å². The van der Waals surface area contributed by atoms with Gasteiger partial charge in [0.2, 0.25) is 0 Å². The van der Waals surface area contributed by atoms with Gasteiger partial charge in [-0.2, -0.15) is 11.8 Å². The van der Waals surface area contributed by atoms with Crippen LogP contribution in [-0.4, -0.2) is 28.0 Å². The molecule has 0 aromatic heterocycles. The topological polar surface area (TPSA) is 26.3 Å². The average Bonchev–Trinajstić information content (AvgIpc) is 2.80. The second-order valence-corrected chi connectivity index (χ2v) is 8.19. The molecule has 1 saturated heterocycles. The number of carbonyl (C=O) groups is 1. The van der Waals surface area contributed by atoms with Crippen LogP contribution in [0.3, 0.4) is 0 Å². The third-order valence-corrected chi connectivity index (χ3v) is 5.62. The zero-order valence-electron chi connectivity index (χ0n) is 12.1. The van der Waals surface area contributed by atoms with Gasteiger partial charge in [0.05, 0.1) is 17.0 Å². The number of ether oxygens (including phenoxy) is 1. The monoisotopic (exact) mass is 270 g/mol. The summed E-state index contributed by atoms with van der Waals surface area (Å²) in [7, 11) is 0. The Morgan fingerprint density at radius 3 is 2.33 bits per heavy atom. The predicted octanol–water partition coefficient (Wildman–Crippen LogP) is 3.83. The molecule has 0 aromatic carbocycles. The molecule has 2 aliphatic rings. The Labute approximate surface area is 115 Å². The molecule has 0 spiro atoms. The minimum atomic E-state index is -0.295. The van der Waals surface area contributed by atoms with Crippen LogP contribution < -0.4 is 0 Å². The highest BCUT2D eigenvalue weighted by Crippen LogP contribution is 2.43. The zero-order chi connectivity index (χ0) is 13.4. The molecule has 1 heterocycles. The fourth-order valence-electron chi connectivity index (χ4n) is 3.42. The van der Waals surface area contributed by atoms with E-state index in [0.29, 0.717) is 11.5 Å². The molecule has 0 radical (unpaired) electrons. The molecular formula is C15H26O2S. The number of carbonyl (C=O) groups excluding carboxylic acids is 1. The Bertz CT molecular complexity index is 316. The second kappa shape index (κ2) is 5.16. The lowest BCUT2D eigenvalue weighted by molar-refractivity contribution is -0.126. The number of ketones is 1. The summed E-state index contributed by atoms with van der Waals surface area (Å²) in [5, 5.41) is 0.729. The Morgan fingerprint density at radius 1 is 1.22 bits per heavy atom.